The summed E-state index contributed by atoms with van der Waals surface area (Å²) in [6.45, 7) is -0.388. The summed E-state index contributed by atoms with van der Waals surface area (Å²) in [6, 6.07) is 2.27. The minimum atomic E-state index is -4.23. The van der Waals surface area contributed by atoms with Crippen LogP contribution in [0.3, 0.4) is 0 Å². The molecule has 0 radical (unpaired) electrons. The molecule has 2 rings (SSSR count). The zero-order chi connectivity index (χ0) is 14.6. The summed E-state index contributed by atoms with van der Waals surface area (Å²) in [5, 5.41) is 3.40. The number of hydrogen-bond acceptors (Lipinski definition) is 2. The monoisotopic (exact) mass is 290 g/mol. The minimum absolute atomic E-state index is 0.238. The van der Waals surface area contributed by atoms with Crippen molar-refractivity contribution in [3.8, 4) is 0 Å². The average molecular weight is 290 g/mol. The molecule has 1 aromatic heterocycles. The third-order valence-corrected chi connectivity index (χ3v) is 3.60. The SMILES string of the molecule is Cn1ccc(CNC2CCCC(OCC(F)(F)F)C2)c1. The molecule has 2 unspecified atom stereocenters. The van der Waals surface area contributed by atoms with Crippen LogP contribution in [0.1, 0.15) is 31.2 Å². The Labute approximate surface area is 117 Å². The number of halogens is 3. The predicted molar refractivity (Wildman–Crippen MR) is 70.3 cm³/mol. The Bertz CT molecular complexity index is 417. The maximum atomic E-state index is 12.1. The van der Waals surface area contributed by atoms with E-state index < -0.39 is 12.8 Å². The summed E-state index contributed by atoms with van der Waals surface area (Å²) in [7, 11) is 1.96. The van der Waals surface area contributed by atoms with Crippen molar-refractivity contribution in [2.24, 2.45) is 7.05 Å². The molecule has 1 N–H and O–H groups in total. The highest BCUT2D eigenvalue weighted by molar-refractivity contribution is 5.09. The highest BCUT2D eigenvalue weighted by atomic mass is 19.4. The quantitative estimate of drug-likeness (QED) is 0.902. The number of nitrogens with zero attached hydrogens (tertiary/aromatic N) is 1. The van der Waals surface area contributed by atoms with Crippen molar-refractivity contribution in [1.29, 1.82) is 0 Å². The van der Waals surface area contributed by atoms with E-state index in [0.717, 1.165) is 25.8 Å². The van der Waals surface area contributed by atoms with E-state index in [9.17, 15) is 13.2 Å². The van der Waals surface area contributed by atoms with Crippen molar-refractivity contribution in [1.82, 2.24) is 9.88 Å². The lowest BCUT2D eigenvalue weighted by atomic mass is 9.92. The first-order valence-corrected chi connectivity index (χ1v) is 6.95. The molecule has 2 atom stereocenters. The number of nitrogens with one attached hydrogen (secondary N) is 1. The van der Waals surface area contributed by atoms with Gasteiger partial charge in [0.05, 0.1) is 6.10 Å². The molecular formula is C14H21F3N2O. The van der Waals surface area contributed by atoms with Crippen LogP contribution in [0.15, 0.2) is 18.5 Å². The standard InChI is InChI=1S/C14H21F3N2O/c1-19-6-5-11(9-19)8-18-12-3-2-4-13(7-12)20-10-14(15,16)17/h5-6,9,12-13,18H,2-4,7-8,10H2,1H3. The van der Waals surface area contributed by atoms with Crippen molar-refractivity contribution in [2.75, 3.05) is 6.61 Å². The van der Waals surface area contributed by atoms with E-state index in [1.165, 1.54) is 5.56 Å². The van der Waals surface area contributed by atoms with Crippen molar-refractivity contribution >= 4 is 0 Å². The van der Waals surface area contributed by atoms with Crippen molar-refractivity contribution in [3.63, 3.8) is 0 Å². The van der Waals surface area contributed by atoms with Gasteiger partial charge in [0.15, 0.2) is 0 Å². The first-order valence-electron chi connectivity index (χ1n) is 6.95. The molecular weight excluding hydrogens is 269 g/mol. The number of hydrogen-bond donors (Lipinski definition) is 1. The molecule has 20 heavy (non-hydrogen) atoms. The summed E-state index contributed by atoms with van der Waals surface area (Å²) in [4.78, 5) is 0. The maximum Gasteiger partial charge on any atom is 0.411 e. The van der Waals surface area contributed by atoms with Gasteiger partial charge in [-0.3, -0.25) is 0 Å². The number of alkyl halides is 3. The van der Waals surface area contributed by atoms with Gasteiger partial charge < -0.3 is 14.6 Å². The normalized spacial score (nSPS) is 24.0. The van der Waals surface area contributed by atoms with Crippen LogP contribution in [0.5, 0.6) is 0 Å². The molecule has 1 saturated carbocycles. The van der Waals surface area contributed by atoms with Crippen LogP contribution < -0.4 is 5.32 Å². The highest BCUT2D eigenvalue weighted by Gasteiger charge is 2.31. The second-order valence-corrected chi connectivity index (χ2v) is 5.48. The lowest BCUT2D eigenvalue weighted by Crippen LogP contribution is -2.37. The predicted octanol–water partition coefficient (Wildman–Crippen LogP) is 3.00. The van der Waals surface area contributed by atoms with E-state index in [1.807, 2.05) is 30.1 Å². The fourth-order valence-corrected chi connectivity index (χ4v) is 2.62. The first-order chi connectivity index (χ1) is 9.42. The van der Waals surface area contributed by atoms with Crippen LogP contribution in [-0.4, -0.2) is 29.5 Å². The Morgan fingerprint density at radius 1 is 1.40 bits per heavy atom. The van der Waals surface area contributed by atoms with Crippen molar-refractivity contribution < 1.29 is 17.9 Å². The second kappa shape index (κ2) is 6.63. The molecule has 1 aliphatic carbocycles. The molecule has 1 fully saturated rings. The topological polar surface area (TPSA) is 26.2 Å². The Kier molecular flexibility index (Phi) is 5.10. The van der Waals surface area contributed by atoms with Gasteiger partial charge in [0.1, 0.15) is 6.61 Å². The van der Waals surface area contributed by atoms with Crippen molar-refractivity contribution in [2.45, 2.75) is 50.6 Å². The lowest BCUT2D eigenvalue weighted by Gasteiger charge is -2.30. The van der Waals surface area contributed by atoms with Crippen molar-refractivity contribution in [3.05, 3.63) is 24.0 Å². The molecule has 0 aliphatic heterocycles. The fourth-order valence-electron chi connectivity index (χ4n) is 2.62. The third-order valence-electron chi connectivity index (χ3n) is 3.60. The lowest BCUT2D eigenvalue weighted by molar-refractivity contribution is -0.188. The van der Waals surface area contributed by atoms with Crippen LogP contribution in [0.2, 0.25) is 0 Å². The van der Waals surface area contributed by atoms with Gasteiger partial charge in [-0.2, -0.15) is 13.2 Å². The summed E-state index contributed by atoms with van der Waals surface area (Å²) >= 11 is 0. The van der Waals surface area contributed by atoms with Gasteiger partial charge in [0, 0.05) is 32.0 Å². The minimum Gasteiger partial charge on any atom is -0.369 e. The number of rotatable bonds is 5. The van der Waals surface area contributed by atoms with Gasteiger partial charge in [-0.05, 0) is 37.3 Å². The fraction of sp³-hybridized carbons (Fsp3) is 0.714. The molecule has 0 amide bonds. The molecule has 0 saturated heterocycles. The molecule has 0 bridgehead atoms. The van der Waals surface area contributed by atoms with Crippen LogP contribution in [0, 0.1) is 0 Å². The van der Waals surface area contributed by atoms with E-state index in [4.69, 9.17) is 4.74 Å². The molecule has 6 heteroatoms. The first kappa shape index (κ1) is 15.4. The van der Waals surface area contributed by atoms with E-state index in [1.54, 1.807) is 0 Å². The molecule has 1 aliphatic rings. The van der Waals surface area contributed by atoms with E-state index in [2.05, 4.69) is 5.32 Å². The zero-order valence-electron chi connectivity index (χ0n) is 11.6. The van der Waals surface area contributed by atoms with Crippen LogP contribution >= 0.6 is 0 Å². The summed E-state index contributed by atoms with van der Waals surface area (Å²) in [5.74, 6) is 0. The largest absolute Gasteiger partial charge is 0.411 e. The third kappa shape index (κ3) is 5.17. The average Bonchev–Trinajstić information content (AvgIpc) is 2.80. The molecule has 114 valence electrons. The molecule has 0 spiro atoms. The maximum absolute atomic E-state index is 12.1. The van der Waals surface area contributed by atoms with E-state index >= 15 is 0 Å². The van der Waals surface area contributed by atoms with Crippen LogP contribution in [-0.2, 0) is 18.3 Å². The molecule has 1 heterocycles. The van der Waals surface area contributed by atoms with Gasteiger partial charge in [0.25, 0.3) is 0 Å². The Morgan fingerprint density at radius 3 is 2.85 bits per heavy atom. The Balaban J connectivity index is 1.73. The van der Waals surface area contributed by atoms with Crippen LogP contribution in [0.25, 0.3) is 0 Å². The Morgan fingerprint density at radius 2 is 2.20 bits per heavy atom. The Hall–Kier alpha value is -1.01. The summed E-state index contributed by atoms with van der Waals surface area (Å²) < 4.78 is 43.4. The van der Waals surface area contributed by atoms with E-state index in [-0.39, 0.29) is 12.1 Å². The highest BCUT2D eigenvalue weighted by Crippen LogP contribution is 2.24. The zero-order valence-corrected chi connectivity index (χ0v) is 11.6. The van der Waals surface area contributed by atoms with Gasteiger partial charge in [-0.1, -0.05) is 0 Å². The van der Waals surface area contributed by atoms with Gasteiger partial charge in [-0.25, -0.2) is 0 Å². The molecule has 3 nitrogen and oxygen atoms in total. The summed E-state index contributed by atoms with van der Waals surface area (Å²) in [6.07, 6.45) is 2.79. The smallest absolute Gasteiger partial charge is 0.369 e. The molecule has 0 aromatic carbocycles. The summed E-state index contributed by atoms with van der Waals surface area (Å²) in [5.41, 5.74) is 1.19. The number of ether oxygens (including phenoxy) is 1. The number of aryl methyl sites for hydroxylation is 1. The van der Waals surface area contributed by atoms with Crippen LogP contribution in [0.4, 0.5) is 13.2 Å². The van der Waals surface area contributed by atoms with Gasteiger partial charge >= 0.3 is 6.18 Å². The van der Waals surface area contributed by atoms with Gasteiger partial charge in [0.2, 0.25) is 0 Å². The van der Waals surface area contributed by atoms with Gasteiger partial charge in [-0.15, -0.1) is 0 Å². The molecule has 1 aromatic rings. The van der Waals surface area contributed by atoms with E-state index in [0.29, 0.717) is 6.42 Å². The second-order valence-electron chi connectivity index (χ2n) is 5.48. The number of aromatic nitrogens is 1.